The number of benzene rings is 1. The van der Waals surface area contributed by atoms with Crippen molar-refractivity contribution in [3.63, 3.8) is 0 Å². The molecule has 0 aliphatic carbocycles. The van der Waals surface area contributed by atoms with E-state index in [0.717, 1.165) is 11.1 Å². The van der Waals surface area contributed by atoms with Crippen molar-refractivity contribution in [1.29, 1.82) is 0 Å². The van der Waals surface area contributed by atoms with Gasteiger partial charge >= 0.3 is 6.18 Å². The third-order valence-electron chi connectivity index (χ3n) is 2.92. The Kier molecular flexibility index (Phi) is 5.52. The van der Waals surface area contributed by atoms with E-state index in [1.165, 1.54) is 11.9 Å². The standard InChI is InChI=1S/C13H18F3N3O/c1-9(12(20)18-17)11-5-3-10(4-6-11)7-19(2)8-13(14,15)16/h3-6,9H,7-8,17H2,1-2H3,(H,18,20). The number of nitrogens with two attached hydrogens (primary N) is 1. The Balaban J connectivity index is 2.65. The minimum absolute atomic E-state index is 0.192. The molecule has 1 atom stereocenters. The minimum atomic E-state index is -4.21. The van der Waals surface area contributed by atoms with Crippen LogP contribution in [0.2, 0.25) is 0 Å². The van der Waals surface area contributed by atoms with E-state index in [-0.39, 0.29) is 12.5 Å². The number of nitrogens with zero attached hydrogens (tertiary/aromatic N) is 1. The number of hydrogen-bond donors (Lipinski definition) is 2. The zero-order chi connectivity index (χ0) is 15.3. The van der Waals surface area contributed by atoms with Gasteiger partial charge in [0, 0.05) is 6.54 Å². The number of amides is 1. The Morgan fingerprint density at radius 2 is 1.90 bits per heavy atom. The third-order valence-corrected chi connectivity index (χ3v) is 2.92. The number of rotatable bonds is 5. The number of nitrogens with one attached hydrogen (secondary N) is 1. The molecule has 7 heteroatoms. The highest BCUT2D eigenvalue weighted by atomic mass is 19.4. The zero-order valence-corrected chi connectivity index (χ0v) is 11.4. The van der Waals surface area contributed by atoms with Crippen LogP contribution >= 0.6 is 0 Å². The van der Waals surface area contributed by atoms with E-state index in [2.05, 4.69) is 5.43 Å². The SMILES string of the molecule is CC(C(=O)NN)c1ccc(CN(C)CC(F)(F)F)cc1. The highest BCUT2D eigenvalue weighted by Gasteiger charge is 2.29. The second-order valence-electron chi connectivity index (χ2n) is 4.76. The number of hydrogen-bond acceptors (Lipinski definition) is 3. The molecule has 0 aliphatic heterocycles. The van der Waals surface area contributed by atoms with E-state index in [1.807, 2.05) is 0 Å². The quantitative estimate of drug-likeness (QED) is 0.493. The Hall–Kier alpha value is -1.60. The first kappa shape index (κ1) is 16.5. The van der Waals surface area contributed by atoms with Crippen molar-refractivity contribution >= 4 is 5.91 Å². The average Bonchev–Trinajstić information content (AvgIpc) is 2.35. The van der Waals surface area contributed by atoms with Crippen LogP contribution in [0, 0.1) is 0 Å². The molecular formula is C13H18F3N3O. The summed E-state index contributed by atoms with van der Waals surface area (Å²) in [6.07, 6.45) is -4.21. The van der Waals surface area contributed by atoms with Gasteiger partial charge in [0.1, 0.15) is 0 Å². The van der Waals surface area contributed by atoms with Crippen LogP contribution in [0.4, 0.5) is 13.2 Å². The van der Waals surface area contributed by atoms with Gasteiger partial charge in [-0.2, -0.15) is 13.2 Å². The lowest BCUT2D eigenvalue weighted by Gasteiger charge is -2.19. The Morgan fingerprint density at radius 3 is 2.35 bits per heavy atom. The average molecular weight is 289 g/mol. The molecule has 1 amide bonds. The van der Waals surface area contributed by atoms with Gasteiger partial charge in [0.15, 0.2) is 0 Å². The summed E-state index contributed by atoms with van der Waals surface area (Å²) in [5.41, 5.74) is 3.57. The van der Waals surface area contributed by atoms with Gasteiger partial charge in [-0.05, 0) is 25.1 Å². The van der Waals surface area contributed by atoms with E-state index in [0.29, 0.717) is 0 Å². The molecule has 1 unspecified atom stereocenters. The maximum atomic E-state index is 12.2. The van der Waals surface area contributed by atoms with Crippen LogP contribution in [0.5, 0.6) is 0 Å². The maximum absolute atomic E-state index is 12.2. The van der Waals surface area contributed by atoms with Crippen molar-refractivity contribution in [3.05, 3.63) is 35.4 Å². The number of carbonyl (C=O) groups excluding carboxylic acids is 1. The van der Waals surface area contributed by atoms with Crippen LogP contribution in [-0.4, -0.2) is 30.6 Å². The molecule has 0 saturated carbocycles. The Morgan fingerprint density at radius 1 is 1.35 bits per heavy atom. The largest absolute Gasteiger partial charge is 0.401 e. The van der Waals surface area contributed by atoms with Crippen molar-refractivity contribution in [2.24, 2.45) is 5.84 Å². The maximum Gasteiger partial charge on any atom is 0.401 e. The van der Waals surface area contributed by atoms with E-state index >= 15 is 0 Å². The first-order valence-electron chi connectivity index (χ1n) is 6.07. The highest BCUT2D eigenvalue weighted by Crippen LogP contribution is 2.19. The second kappa shape index (κ2) is 6.71. The molecule has 20 heavy (non-hydrogen) atoms. The molecule has 0 aromatic heterocycles. The van der Waals surface area contributed by atoms with E-state index < -0.39 is 18.6 Å². The summed E-state index contributed by atoms with van der Waals surface area (Å²) in [4.78, 5) is 12.5. The fourth-order valence-corrected chi connectivity index (χ4v) is 1.86. The fourth-order valence-electron chi connectivity index (χ4n) is 1.86. The van der Waals surface area contributed by atoms with Crippen LogP contribution in [-0.2, 0) is 11.3 Å². The van der Waals surface area contributed by atoms with Crippen LogP contribution in [0.1, 0.15) is 24.0 Å². The summed E-state index contributed by atoms with van der Waals surface area (Å²) in [6, 6.07) is 6.86. The molecule has 1 rings (SSSR count). The van der Waals surface area contributed by atoms with Gasteiger partial charge in [0.05, 0.1) is 12.5 Å². The molecule has 1 aromatic rings. The van der Waals surface area contributed by atoms with E-state index in [1.54, 1.807) is 31.2 Å². The molecule has 0 bridgehead atoms. The van der Waals surface area contributed by atoms with Gasteiger partial charge in [-0.15, -0.1) is 0 Å². The Labute approximate surface area is 115 Å². The van der Waals surface area contributed by atoms with Crippen molar-refractivity contribution in [2.45, 2.75) is 25.6 Å². The van der Waals surface area contributed by atoms with Crippen LogP contribution in [0.3, 0.4) is 0 Å². The molecule has 0 saturated heterocycles. The molecule has 0 heterocycles. The summed E-state index contributed by atoms with van der Waals surface area (Å²) in [5, 5.41) is 0. The summed E-state index contributed by atoms with van der Waals surface area (Å²) in [7, 11) is 1.41. The molecule has 3 N–H and O–H groups in total. The van der Waals surface area contributed by atoms with Gasteiger partial charge < -0.3 is 0 Å². The number of alkyl halides is 3. The van der Waals surface area contributed by atoms with Gasteiger partial charge in [0.2, 0.25) is 5.91 Å². The summed E-state index contributed by atoms with van der Waals surface area (Å²) in [5.74, 6) is 4.34. The summed E-state index contributed by atoms with van der Waals surface area (Å²) < 4.78 is 36.6. The lowest BCUT2D eigenvalue weighted by Crippen LogP contribution is -2.33. The third kappa shape index (κ3) is 5.18. The van der Waals surface area contributed by atoms with Gasteiger partial charge in [-0.1, -0.05) is 24.3 Å². The molecule has 0 spiro atoms. The molecule has 1 aromatic carbocycles. The van der Waals surface area contributed by atoms with Gasteiger partial charge in [0.25, 0.3) is 0 Å². The van der Waals surface area contributed by atoms with E-state index in [9.17, 15) is 18.0 Å². The second-order valence-corrected chi connectivity index (χ2v) is 4.76. The molecule has 0 fully saturated rings. The molecule has 0 radical (unpaired) electrons. The predicted molar refractivity (Wildman–Crippen MR) is 69.6 cm³/mol. The highest BCUT2D eigenvalue weighted by molar-refractivity contribution is 5.82. The van der Waals surface area contributed by atoms with Gasteiger partial charge in [-0.25, -0.2) is 5.84 Å². The van der Waals surface area contributed by atoms with Crippen molar-refractivity contribution < 1.29 is 18.0 Å². The molecular weight excluding hydrogens is 271 g/mol. The summed E-state index contributed by atoms with van der Waals surface area (Å²) in [6.45, 7) is 0.935. The first-order valence-corrected chi connectivity index (χ1v) is 6.07. The minimum Gasteiger partial charge on any atom is -0.294 e. The van der Waals surface area contributed by atoms with Crippen molar-refractivity contribution in [2.75, 3.05) is 13.6 Å². The van der Waals surface area contributed by atoms with Crippen molar-refractivity contribution in [1.82, 2.24) is 10.3 Å². The van der Waals surface area contributed by atoms with Crippen LogP contribution in [0.15, 0.2) is 24.3 Å². The number of carbonyl (C=O) groups is 1. The summed E-state index contributed by atoms with van der Waals surface area (Å²) >= 11 is 0. The number of hydrazine groups is 1. The van der Waals surface area contributed by atoms with E-state index in [4.69, 9.17) is 5.84 Å². The molecule has 112 valence electrons. The van der Waals surface area contributed by atoms with Crippen LogP contribution < -0.4 is 11.3 Å². The topological polar surface area (TPSA) is 58.4 Å². The zero-order valence-electron chi connectivity index (χ0n) is 11.4. The first-order chi connectivity index (χ1) is 9.23. The molecule has 0 aliphatic rings. The molecule has 4 nitrogen and oxygen atoms in total. The Bertz CT molecular complexity index is 445. The fraction of sp³-hybridized carbons (Fsp3) is 0.462. The predicted octanol–water partition coefficient (Wildman–Crippen LogP) is 1.77. The van der Waals surface area contributed by atoms with Crippen LogP contribution in [0.25, 0.3) is 0 Å². The van der Waals surface area contributed by atoms with Crippen molar-refractivity contribution in [3.8, 4) is 0 Å². The van der Waals surface area contributed by atoms with Gasteiger partial charge in [-0.3, -0.25) is 15.1 Å². The monoisotopic (exact) mass is 289 g/mol. The lowest BCUT2D eigenvalue weighted by molar-refractivity contribution is -0.144. The number of halogens is 3. The smallest absolute Gasteiger partial charge is 0.294 e. The normalized spacial score (nSPS) is 13.3. The lowest BCUT2D eigenvalue weighted by atomic mass is 9.99.